The van der Waals surface area contributed by atoms with Crippen LogP contribution in [0.15, 0.2) is 41.4 Å². The third-order valence-corrected chi connectivity index (χ3v) is 5.70. The fourth-order valence-corrected chi connectivity index (χ4v) is 4.31. The van der Waals surface area contributed by atoms with Gasteiger partial charge in [-0.2, -0.15) is 0 Å². The molecule has 0 bridgehead atoms. The number of rotatable bonds is 4. The topological polar surface area (TPSA) is 61.4 Å². The van der Waals surface area contributed by atoms with Gasteiger partial charge in [0.1, 0.15) is 11.1 Å². The number of aliphatic hydroxyl groups excluding tert-OH is 1. The molecule has 1 atom stereocenters. The van der Waals surface area contributed by atoms with Gasteiger partial charge in [0.15, 0.2) is 0 Å². The summed E-state index contributed by atoms with van der Waals surface area (Å²) in [6.45, 7) is 3.78. The van der Waals surface area contributed by atoms with Crippen molar-refractivity contribution in [3.8, 4) is 0 Å². The lowest BCUT2D eigenvalue weighted by atomic mass is 10.0. The summed E-state index contributed by atoms with van der Waals surface area (Å²) in [7, 11) is 0. The third kappa shape index (κ3) is 4.01. The molecule has 2 aromatic rings. The Hall–Kier alpha value is -1.66. The summed E-state index contributed by atoms with van der Waals surface area (Å²) >= 11 is 13.8. The van der Waals surface area contributed by atoms with Gasteiger partial charge >= 0.3 is 0 Å². The van der Waals surface area contributed by atoms with Crippen LogP contribution in [0.2, 0.25) is 10.0 Å². The minimum atomic E-state index is -0.221. The lowest BCUT2D eigenvalue weighted by Crippen LogP contribution is -2.25. The number of anilines is 1. The average Bonchev–Trinajstić information content (AvgIpc) is 3.09. The largest absolute Gasteiger partial charge is 0.392 e. The summed E-state index contributed by atoms with van der Waals surface area (Å²) in [5, 5.41) is 18.2. The van der Waals surface area contributed by atoms with Crippen LogP contribution < -0.4 is 10.6 Å². The van der Waals surface area contributed by atoms with Gasteiger partial charge in [0.25, 0.3) is 5.91 Å². The normalized spacial score (nSPS) is 16.2. The molecule has 0 saturated heterocycles. The molecule has 0 fully saturated rings. The van der Waals surface area contributed by atoms with E-state index in [9.17, 15) is 9.90 Å². The Morgan fingerprint density at radius 1 is 1.23 bits per heavy atom. The number of carbonyl (C=O) groups excluding carboxylic acids is 1. The second kappa shape index (κ2) is 7.92. The van der Waals surface area contributed by atoms with Crippen LogP contribution in [0.4, 0.5) is 5.69 Å². The highest BCUT2D eigenvalue weighted by Crippen LogP contribution is 2.38. The number of nitrogens with one attached hydrogen (secondary N) is 2. The molecule has 2 aromatic carbocycles. The van der Waals surface area contributed by atoms with Gasteiger partial charge < -0.3 is 15.7 Å². The minimum absolute atomic E-state index is 0.0265. The zero-order valence-electron chi connectivity index (χ0n) is 14.3. The van der Waals surface area contributed by atoms with E-state index in [2.05, 4.69) is 10.6 Å². The van der Waals surface area contributed by atoms with Crippen LogP contribution in [0.3, 0.4) is 0 Å². The molecule has 0 saturated carbocycles. The Balaban J connectivity index is 1.73. The predicted molar refractivity (Wildman–Crippen MR) is 108 cm³/mol. The maximum atomic E-state index is 12.6. The number of aliphatic hydroxyl groups is 1. The summed E-state index contributed by atoms with van der Waals surface area (Å²) in [6.07, 6.45) is 0. The lowest BCUT2D eigenvalue weighted by molar-refractivity contribution is -0.113. The number of thioether (sulfide) groups is 1. The van der Waals surface area contributed by atoms with E-state index in [1.807, 2.05) is 26.0 Å². The summed E-state index contributed by atoms with van der Waals surface area (Å²) in [5.74, 6) is -0.221. The summed E-state index contributed by atoms with van der Waals surface area (Å²) < 4.78 is 0. The maximum Gasteiger partial charge on any atom is 0.272 e. The first-order valence-electron chi connectivity index (χ1n) is 7.98. The molecule has 0 radical (unpaired) electrons. The van der Waals surface area contributed by atoms with E-state index in [1.54, 1.807) is 23.6 Å². The van der Waals surface area contributed by atoms with Crippen molar-refractivity contribution in [3.05, 3.63) is 73.7 Å². The molecule has 3 rings (SSSR count). The number of benzene rings is 2. The number of halogens is 2. The Morgan fingerprint density at radius 2 is 1.92 bits per heavy atom. The number of aryl methyl sites for hydroxylation is 2. The van der Waals surface area contributed by atoms with Gasteiger partial charge in [-0.15, -0.1) is 11.8 Å². The maximum absolute atomic E-state index is 12.6. The Kier molecular flexibility index (Phi) is 5.82. The molecule has 136 valence electrons. The van der Waals surface area contributed by atoms with Crippen molar-refractivity contribution in [2.24, 2.45) is 0 Å². The van der Waals surface area contributed by atoms with Crippen LogP contribution in [-0.2, 0) is 11.4 Å². The molecule has 7 heteroatoms. The van der Waals surface area contributed by atoms with Gasteiger partial charge in [-0.3, -0.25) is 4.79 Å². The second-order valence-electron chi connectivity index (χ2n) is 6.07. The van der Waals surface area contributed by atoms with Crippen molar-refractivity contribution >= 4 is 46.6 Å². The quantitative estimate of drug-likeness (QED) is 0.671. The van der Waals surface area contributed by atoms with Crippen molar-refractivity contribution in [3.63, 3.8) is 0 Å². The van der Waals surface area contributed by atoms with Crippen LogP contribution in [0.1, 0.15) is 27.6 Å². The van der Waals surface area contributed by atoms with Crippen LogP contribution in [-0.4, -0.2) is 11.0 Å². The van der Waals surface area contributed by atoms with Crippen molar-refractivity contribution in [1.29, 1.82) is 0 Å². The second-order valence-corrected chi connectivity index (χ2v) is 7.90. The van der Waals surface area contributed by atoms with Gasteiger partial charge in [0.2, 0.25) is 0 Å². The molecular formula is C19H18Cl2N2O2S. The number of carbonyl (C=O) groups is 1. The summed E-state index contributed by atoms with van der Waals surface area (Å²) in [6, 6.07) is 9.00. The lowest BCUT2D eigenvalue weighted by Gasteiger charge is -2.16. The van der Waals surface area contributed by atoms with Gasteiger partial charge in [-0.25, -0.2) is 0 Å². The van der Waals surface area contributed by atoms with Crippen molar-refractivity contribution < 1.29 is 9.90 Å². The molecule has 1 heterocycles. The highest BCUT2D eigenvalue weighted by atomic mass is 35.5. The monoisotopic (exact) mass is 408 g/mol. The molecule has 0 aromatic heterocycles. The molecule has 4 nitrogen and oxygen atoms in total. The van der Waals surface area contributed by atoms with E-state index in [0.717, 1.165) is 27.9 Å². The fraction of sp³-hybridized carbons (Fsp3) is 0.211. The van der Waals surface area contributed by atoms with Crippen molar-refractivity contribution in [2.45, 2.75) is 25.8 Å². The highest BCUT2D eigenvalue weighted by Gasteiger charge is 2.25. The summed E-state index contributed by atoms with van der Waals surface area (Å²) in [4.78, 5) is 12.6. The van der Waals surface area contributed by atoms with Gasteiger partial charge in [-0.05, 0) is 48.7 Å². The first kappa shape index (κ1) is 19.1. The van der Waals surface area contributed by atoms with Gasteiger partial charge in [-0.1, -0.05) is 35.3 Å². The van der Waals surface area contributed by atoms with E-state index in [-0.39, 0.29) is 17.9 Å². The standard InChI is InChI=1S/C19H18Cl2N2O2S/c1-10-5-12(8-24)6-11(2)17(10)23-18(25)16-9-26-19(22-16)14-7-13(20)3-4-15(14)21/h3-7,9,19,22,24H,8H2,1-2H3,(H,23,25). The molecule has 26 heavy (non-hydrogen) atoms. The van der Waals surface area contributed by atoms with E-state index in [1.165, 1.54) is 11.8 Å². The Labute approximate surface area is 166 Å². The Morgan fingerprint density at radius 3 is 2.58 bits per heavy atom. The summed E-state index contributed by atoms with van der Waals surface area (Å²) in [5.41, 5.74) is 4.70. The SMILES string of the molecule is Cc1cc(CO)cc(C)c1NC(=O)C1=CSC(c2cc(Cl)ccc2Cl)N1. The van der Waals surface area contributed by atoms with Gasteiger partial charge in [0, 0.05) is 26.7 Å². The highest BCUT2D eigenvalue weighted by molar-refractivity contribution is 8.02. The zero-order chi connectivity index (χ0) is 18.8. The molecule has 3 N–H and O–H groups in total. The average molecular weight is 409 g/mol. The zero-order valence-corrected chi connectivity index (χ0v) is 16.6. The molecule has 1 aliphatic rings. The van der Waals surface area contributed by atoms with E-state index in [4.69, 9.17) is 23.2 Å². The van der Waals surface area contributed by atoms with Crippen molar-refractivity contribution in [1.82, 2.24) is 5.32 Å². The molecule has 0 aliphatic carbocycles. The molecule has 1 amide bonds. The smallest absolute Gasteiger partial charge is 0.272 e. The van der Waals surface area contributed by atoms with Gasteiger partial charge in [0.05, 0.1) is 6.61 Å². The van der Waals surface area contributed by atoms with Crippen LogP contribution in [0.5, 0.6) is 0 Å². The predicted octanol–water partition coefficient (Wildman–Crippen LogP) is 4.92. The number of amides is 1. The molecule has 1 unspecified atom stereocenters. The number of hydrogen-bond donors (Lipinski definition) is 3. The van der Waals surface area contributed by atoms with Crippen LogP contribution in [0.25, 0.3) is 0 Å². The van der Waals surface area contributed by atoms with E-state index in [0.29, 0.717) is 15.7 Å². The van der Waals surface area contributed by atoms with E-state index < -0.39 is 0 Å². The first-order chi connectivity index (χ1) is 12.4. The third-order valence-electron chi connectivity index (χ3n) is 4.11. The number of hydrogen-bond acceptors (Lipinski definition) is 4. The first-order valence-corrected chi connectivity index (χ1v) is 9.68. The Bertz CT molecular complexity index is 876. The minimum Gasteiger partial charge on any atom is -0.392 e. The molecule has 0 spiro atoms. The van der Waals surface area contributed by atoms with Crippen molar-refractivity contribution in [2.75, 3.05) is 5.32 Å². The van der Waals surface area contributed by atoms with E-state index >= 15 is 0 Å². The van der Waals surface area contributed by atoms with Crippen LogP contribution >= 0.6 is 35.0 Å². The fourth-order valence-electron chi connectivity index (χ4n) is 2.85. The molecule has 1 aliphatic heterocycles. The molecular weight excluding hydrogens is 391 g/mol. The van der Waals surface area contributed by atoms with Crippen LogP contribution in [0, 0.1) is 13.8 Å².